The summed E-state index contributed by atoms with van der Waals surface area (Å²) in [4.78, 5) is 4.50. The molecule has 1 unspecified atom stereocenters. The molecule has 0 spiro atoms. The monoisotopic (exact) mass is 268 g/mol. The first-order valence-corrected chi connectivity index (χ1v) is 7.45. The summed E-state index contributed by atoms with van der Waals surface area (Å²) in [5.41, 5.74) is 2.32. The first-order valence-electron chi connectivity index (χ1n) is 6.46. The molecule has 0 fully saturated rings. The molecule has 18 heavy (non-hydrogen) atoms. The number of pyridine rings is 1. The number of hydrogen-bond donors (Lipinski definition) is 2. The van der Waals surface area contributed by atoms with Crippen molar-refractivity contribution in [1.82, 2.24) is 10.3 Å². The van der Waals surface area contributed by atoms with Crippen LogP contribution in [0.2, 0.25) is 0 Å². The Morgan fingerprint density at radius 2 is 2.06 bits per heavy atom. The number of nitrogens with one attached hydrogen (secondary N) is 1. The molecule has 1 aromatic heterocycles. The summed E-state index contributed by atoms with van der Waals surface area (Å²) < 4.78 is 0. The van der Waals surface area contributed by atoms with Crippen LogP contribution in [-0.2, 0) is 0 Å². The van der Waals surface area contributed by atoms with Crippen LogP contribution < -0.4 is 5.32 Å². The summed E-state index contributed by atoms with van der Waals surface area (Å²) in [6.07, 6.45) is 0.952. The molecule has 0 aliphatic rings. The molecule has 0 bridgehead atoms. The van der Waals surface area contributed by atoms with Crippen molar-refractivity contribution in [3.05, 3.63) is 23.4 Å². The highest BCUT2D eigenvalue weighted by Crippen LogP contribution is 2.19. The lowest BCUT2D eigenvalue weighted by Gasteiger charge is -2.18. The van der Waals surface area contributed by atoms with Crippen LogP contribution in [0.25, 0.3) is 0 Å². The first-order chi connectivity index (χ1) is 8.51. The van der Waals surface area contributed by atoms with E-state index in [1.54, 1.807) is 11.8 Å². The largest absolute Gasteiger partial charge is 0.395 e. The molecular formula is C14H24N2OS. The van der Waals surface area contributed by atoms with Gasteiger partial charge in [-0.1, -0.05) is 13.8 Å². The molecule has 1 aromatic rings. The maximum atomic E-state index is 9.27. The van der Waals surface area contributed by atoms with E-state index in [0.717, 1.165) is 22.9 Å². The van der Waals surface area contributed by atoms with Gasteiger partial charge >= 0.3 is 0 Å². The van der Waals surface area contributed by atoms with Gasteiger partial charge < -0.3 is 10.4 Å². The van der Waals surface area contributed by atoms with E-state index in [1.807, 2.05) is 6.92 Å². The Balaban J connectivity index is 2.40. The zero-order valence-corrected chi connectivity index (χ0v) is 12.5. The molecule has 0 aromatic carbocycles. The van der Waals surface area contributed by atoms with E-state index < -0.39 is 0 Å². The average molecular weight is 268 g/mol. The number of aliphatic hydroxyl groups excluding tert-OH is 1. The number of thioether (sulfide) groups is 1. The Labute approximate surface area is 114 Å². The summed E-state index contributed by atoms with van der Waals surface area (Å²) in [6, 6.07) is 4.79. The minimum atomic E-state index is 0.184. The molecule has 0 aliphatic carbocycles. The zero-order chi connectivity index (χ0) is 13.5. The van der Waals surface area contributed by atoms with Gasteiger partial charge in [-0.05, 0) is 38.0 Å². The van der Waals surface area contributed by atoms with E-state index >= 15 is 0 Å². The van der Waals surface area contributed by atoms with E-state index in [1.165, 1.54) is 5.56 Å². The summed E-state index contributed by atoms with van der Waals surface area (Å²) in [5, 5.41) is 13.7. The second-order valence-corrected chi connectivity index (χ2v) is 6.08. The van der Waals surface area contributed by atoms with Gasteiger partial charge in [0.05, 0.1) is 11.6 Å². The average Bonchev–Trinajstić information content (AvgIpc) is 2.25. The highest BCUT2D eigenvalue weighted by atomic mass is 32.2. The lowest BCUT2D eigenvalue weighted by Crippen LogP contribution is -2.37. The Kier molecular flexibility index (Phi) is 6.68. The minimum absolute atomic E-state index is 0.184. The van der Waals surface area contributed by atoms with Crippen molar-refractivity contribution in [1.29, 1.82) is 0 Å². The molecule has 0 radical (unpaired) electrons. The molecule has 102 valence electrons. The molecule has 4 heteroatoms. The van der Waals surface area contributed by atoms with Crippen LogP contribution in [0.1, 0.15) is 31.5 Å². The fourth-order valence-corrected chi connectivity index (χ4v) is 2.97. The quantitative estimate of drug-likeness (QED) is 0.746. The summed E-state index contributed by atoms with van der Waals surface area (Å²) in [6.45, 7) is 8.51. The molecule has 1 heterocycles. The summed E-state index contributed by atoms with van der Waals surface area (Å²) in [5.74, 6) is 0.973. The van der Waals surface area contributed by atoms with E-state index in [-0.39, 0.29) is 12.6 Å². The van der Waals surface area contributed by atoms with Crippen LogP contribution in [0.4, 0.5) is 0 Å². The van der Waals surface area contributed by atoms with Gasteiger partial charge in [-0.25, -0.2) is 4.98 Å². The van der Waals surface area contributed by atoms with E-state index in [4.69, 9.17) is 0 Å². The second-order valence-electron chi connectivity index (χ2n) is 4.96. The Morgan fingerprint density at radius 3 is 2.61 bits per heavy atom. The van der Waals surface area contributed by atoms with Crippen molar-refractivity contribution in [2.75, 3.05) is 12.4 Å². The van der Waals surface area contributed by atoms with E-state index in [0.29, 0.717) is 6.04 Å². The van der Waals surface area contributed by atoms with Crippen LogP contribution in [-0.4, -0.2) is 34.5 Å². The number of hydrogen-bond acceptors (Lipinski definition) is 4. The van der Waals surface area contributed by atoms with Crippen molar-refractivity contribution in [2.45, 2.75) is 51.2 Å². The summed E-state index contributed by atoms with van der Waals surface area (Å²) >= 11 is 1.76. The Bertz CT molecular complexity index is 349. The highest BCUT2D eigenvalue weighted by molar-refractivity contribution is 7.99. The van der Waals surface area contributed by atoms with Crippen LogP contribution >= 0.6 is 11.8 Å². The molecule has 1 rings (SSSR count). The fraction of sp³-hybridized carbons (Fsp3) is 0.643. The third-order valence-electron chi connectivity index (χ3n) is 2.58. The van der Waals surface area contributed by atoms with Crippen molar-refractivity contribution < 1.29 is 5.11 Å². The van der Waals surface area contributed by atoms with Crippen molar-refractivity contribution in [2.24, 2.45) is 0 Å². The SMILES string of the molecule is Cc1cc(C)nc(SCCC(CO)NC(C)C)c1. The predicted molar refractivity (Wildman–Crippen MR) is 78.2 cm³/mol. The van der Waals surface area contributed by atoms with Gasteiger partial charge in [0.25, 0.3) is 0 Å². The smallest absolute Gasteiger partial charge is 0.0965 e. The fourth-order valence-electron chi connectivity index (χ4n) is 1.88. The number of nitrogens with zero attached hydrogens (tertiary/aromatic N) is 1. The van der Waals surface area contributed by atoms with Crippen LogP contribution in [0.5, 0.6) is 0 Å². The van der Waals surface area contributed by atoms with Gasteiger partial charge in [0.1, 0.15) is 0 Å². The van der Waals surface area contributed by atoms with Gasteiger partial charge in [-0.15, -0.1) is 11.8 Å². The Morgan fingerprint density at radius 1 is 1.33 bits per heavy atom. The van der Waals surface area contributed by atoms with Gasteiger partial charge in [0.15, 0.2) is 0 Å². The zero-order valence-electron chi connectivity index (χ0n) is 11.7. The van der Waals surface area contributed by atoms with Crippen molar-refractivity contribution in [3.63, 3.8) is 0 Å². The molecule has 0 aliphatic heterocycles. The molecule has 0 saturated heterocycles. The molecule has 1 atom stereocenters. The van der Waals surface area contributed by atoms with E-state index in [2.05, 4.69) is 43.2 Å². The standard InChI is InChI=1S/C14H24N2OS/c1-10(2)15-13(9-17)5-6-18-14-8-11(3)7-12(4)16-14/h7-8,10,13,15,17H,5-6,9H2,1-4H3. The molecule has 0 amide bonds. The number of aromatic nitrogens is 1. The number of rotatable bonds is 7. The lowest BCUT2D eigenvalue weighted by atomic mass is 10.2. The third kappa shape index (κ3) is 5.85. The molecular weight excluding hydrogens is 244 g/mol. The Hall–Kier alpha value is -0.580. The van der Waals surface area contributed by atoms with Gasteiger partial charge in [-0.2, -0.15) is 0 Å². The van der Waals surface area contributed by atoms with Gasteiger partial charge in [0, 0.05) is 23.5 Å². The number of aryl methyl sites for hydroxylation is 2. The van der Waals surface area contributed by atoms with Crippen LogP contribution in [0.3, 0.4) is 0 Å². The topological polar surface area (TPSA) is 45.2 Å². The van der Waals surface area contributed by atoms with Crippen LogP contribution in [0.15, 0.2) is 17.2 Å². The van der Waals surface area contributed by atoms with Crippen molar-refractivity contribution in [3.8, 4) is 0 Å². The van der Waals surface area contributed by atoms with Crippen molar-refractivity contribution >= 4 is 11.8 Å². The number of aliphatic hydroxyl groups is 1. The molecule has 0 saturated carbocycles. The van der Waals surface area contributed by atoms with E-state index in [9.17, 15) is 5.11 Å². The summed E-state index contributed by atoms with van der Waals surface area (Å²) in [7, 11) is 0. The molecule has 2 N–H and O–H groups in total. The predicted octanol–water partition coefficient (Wildman–Crippen LogP) is 2.54. The van der Waals surface area contributed by atoms with Gasteiger partial charge in [-0.3, -0.25) is 0 Å². The lowest BCUT2D eigenvalue weighted by molar-refractivity contribution is 0.232. The first kappa shape index (κ1) is 15.5. The van der Waals surface area contributed by atoms with Crippen LogP contribution in [0, 0.1) is 13.8 Å². The second kappa shape index (κ2) is 7.77. The minimum Gasteiger partial charge on any atom is -0.395 e. The maximum Gasteiger partial charge on any atom is 0.0965 e. The maximum absolute atomic E-state index is 9.27. The highest BCUT2D eigenvalue weighted by Gasteiger charge is 2.08. The molecule has 3 nitrogen and oxygen atoms in total. The third-order valence-corrected chi connectivity index (χ3v) is 3.52. The van der Waals surface area contributed by atoms with Gasteiger partial charge in [0.2, 0.25) is 0 Å². The normalized spacial score (nSPS) is 13.0.